The van der Waals surface area contributed by atoms with E-state index < -0.39 is 12.1 Å². The minimum Gasteiger partial charge on any atom is -0.449 e. The molecule has 0 saturated heterocycles. The molecule has 19 heavy (non-hydrogen) atoms. The number of allylic oxidation sites excluding steroid dienone is 1. The van der Waals surface area contributed by atoms with E-state index in [1.54, 1.807) is 19.9 Å². The van der Waals surface area contributed by atoms with Crippen molar-refractivity contribution in [3.63, 3.8) is 0 Å². The molecule has 0 aliphatic rings. The molecule has 1 unspecified atom stereocenters. The Balaban J connectivity index is 2.66. The second-order valence-electron chi connectivity index (χ2n) is 3.77. The molecular weight excluding hydrogens is 262 g/mol. The van der Waals surface area contributed by atoms with Gasteiger partial charge in [-0.15, -0.1) is 11.8 Å². The SMILES string of the molecule is CC=CC(=O)OC(C)C(=O)Nc1ccccc1SC. The van der Waals surface area contributed by atoms with Gasteiger partial charge in [-0.1, -0.05) is 18.2 Å². The van der Waals surface area contributed by atoms with Gasteiger partial charge in [-0.2, -0.15) is 0 Å². The van der Waals surface area contributed by atoms with Crippen LogP contribution in [0.15, 0.2) is 41.3 Å². The van der Waals surface area contributed by atoms with Gasteiger partial charge in [0.25, 0.3) is 5.91 Å². The molecule has 1 rings (SSSR count). The van der Waals surface area contributed by atoms with E-state index >= 15 is 0 Å². The third kappa shape index (κ3) is 4.79. The van der Waals surface area contributed by atoms with E-state index in [1.807, 2.05) is 30.5 Å². The van der Waals surface area contributed by atoms with Crippen LogP contribution >= 0.6 is 11.8 Å². The van der Waals surface area contributed by atoms with Gasteiger partial charge in [-0.05, 0) is 32.2 Å². The Labute approximate surface area is 117 Å². The second-order valence-corrected chi connectivity index (χ2v) is 4.62. The summed E-state index contributed by atoms with van der Waals surface area (Å²) in [5.41, 5.74) is 0.717. The maximum absolute atomic E-state index is 11.9. The highest BCUT2D eigenvalue weighted by molar-refractivity contribution is 7.98. The number of rotatable bonds is 5. The monoisotopic (exact) mass is 279 g/mol. The third-order valence-electron chi connectivity index (χ3n) is 2.33. The number of carbonyl (C=O) groups excluding carboxylic acids is 2. The Morgan fingerprint density at radius 2 is 2.05 bits per heavy atom. The van der Waals surface area contributed by atoms with Crippen LogP contribution in [0.4, 0.5) is 5.69 Å². The van der Waals surface area contributed by atoms with Gasteiger partial charge in [0.15, 0.2) is 6.10 Å². The fourth-order valence-electron chi connectivity index (χ4n) is 1.39. The minimum absolute atomic E-state index is 0.348. The molecule has 1 aromatic carbocycles. The summed E-state index contributed by atoms with van der Waals surface area (Å²) < 4.78 is 4.95. The Morgan fingerprint density at radius 1 is 1.37 bits per heavy atom. The van der Waals surface area contributed by atoms with Crippen molar-refractivity contribution < 1.29 is 14.3 Å². The summed E-state index contributed by atoms with van der Waals surface area (Å²) in [7, 11) is 0. The molecule has 0 bridgehead atoms. The first-order valence-electron chi connectivity index (χ1n) is 5.85. The fourth-order valence-corrected chi connectivity index (χ4v) is 1.94. The molecule has 5 heteroatoms. The van der Waals surface area contributed by atoms with Crippen molar-refractivity contribution in [2.45, 2.75) is 24.8 Å². The van der Waals surface area contributed by atoms with Crippen LogP contribution in [-0.2, 0) is 14.3 Å². The maximum atomic E-state index is 11.9. The number of ether oxygens (including phenoxy) is 1. The molecule has 0 aliphatic heterocycles. The largest absolute Gasteiger partial charge is 0.449 e. The minimum atomic E-state index is -0.835. The number of esters is 1. The van der Waals surface area contributed by atoms with Gasteiger partial charge in [0.05, 0.1) is 5.69 Å². The summed E-state index contributed by atoms with van der Waals surface area (Å²) in [6, 6.07) is 7.46. The number of thioether (sulfide) groups is 1. The van der Waals surface area contributed by atoms with Gasteiger partial charge in [0.1, 0.15) is 0 Å². The van der Waals surface area contributed by atoms with Crippen LogP contribution in [0.1, 0.15) is 13.8 Å². The van der Waals surface area contributed by atoms with E-state index in [0.717, 1.165) is 4.90 Å². The summed E-state index contributed by atoms with van der Waals surface area (Å²) in [6.45, 7) is 3.25. The predicted molar refractivity (Wildman–Crippen MR) is 77.2 cm³/mol. The highest BCUT2D eigenvalue weighted by atomic mass is 32.2. The maximum Gasteiger partial charge on any atom is 0.331 e. The second kappa shape index (κ2) is 7.63. The lowest BCUT2D eigenvalue weighted by Gasteiger charge is -2.14. The number of amides is 1. The van der Waals surface area contributed by atoms with Crippen LogP contribution in [0.3, 0.4) is 0 Å². The number of benzene rings is 1. The summed E-state index contributed by atoms with van der Waals surface area (Å²) in [4.78, 5) is 24.1. The Hall–Kier alpha value is -1.75. The highest BCUT2D eigenvalue weighted by Gasteiger charge is 2.17. The summed E-state index contributed by atoms with van der Waals surface area (Å²) in [5.74, 6) is -0.873. The van der Waals surface area contributed by atoms with Crippen molar-refractivity contribution in [1.29, 1.82) is 0 Å². The van der Waals surface area contributed by atoms with Gasteiger partial charge >= 0.3 is 5.97 Å². The lowest BCUT2D eigenvalue weighted by Crippen LogP contribution is -2.29. The van der Waals surface area contributed by atoms with Crippen molar-refractivity contribution in [1.82, 2.24) is 0 Å². The first kappa shape index (κ1) is 15.3. The number of carbonyl (C=O) groups is 2. The van der Waals surface area contributed by atoms with Crippen LogP contribution < -0.4 is 5.32 Å². The Kier molecular flexibility index (Phi) is 6.15. The highest BCUT2D eigenvalue weighted by Crippen LogP contribution is 2.24. The molecule has 0 saturated carbocycles. The van der Waals surface area contributed by atoms with Gasteiger partial charge in [-0.25, -0.2) is 4.79 Å². The van der Waals surface area contributed by atoms with Gasteiger partial charge in [0.2, 0.25) is 0 Å². The summed E-state index contributed by atoms with van der Waals surface area (Å²) in [5, 5.41) is 2.75. The van der Waals surface area contributed by atoms with Crippen molar-refractivity contribution >= 4 is 29.3 Å². The molecule has 0 aromatic heterocycles. The fraction of sp³-hybridized carbons (Fsp3) is 0.286. The molecule has 1 aromatic rings. The van der Waals surface area contributed by atoms with Crippen molar-refractivity contribution in [2.24, 2.45) is 0 Å². The van der Waals surface area contributed by atoms with E-state index in [-0.39, 0.29) is 5.91 Å². The predicted octanol–water partition coefficient (Wildman–Crippen LogP) is 2.85. The van der Waals surface area contributed by atoms with Crippen molar-refractivity contribution in [2.75, 3.05) is 11.6 Å². The topological polar surface area (TPSA) is 55.4 Å². The molecule has 0 spiro atoms. The van der Waals surface area contributed by atoms with Crippen LogP contribution in [0, 0.1) is 0 Å². The molecule has 1 atom stereocenters. The number of hydrogen-bond acceptors (Lipinski definition) is 4. The van der Waals surface area contributed by atoms with Crippen molar-refractivity contribution in [3.8, 4) is 0 Å². The zero-order chi connectivity index (χ0) is 14.3. The molecule has 0 heterocycles. The number of hydrogen-bond donors (Lipinski definition) is 1. The lowest BCUT2D eigenvalue weighted by atomic mass is 10.3. The lowest BCUT2D eigenvalue weighted by molar-refractivity contribution is -0.148. The molecule has 102 valence electrons. The number of nitrogens with one attached hydrogen (secondary N) is 1. The van der Waals surface area contributed by atoms with Gasteiger partial charge in [-0.3, -0.25) is 4.79 Å². The van der Waals surface area contributed by atoms with Crippen LogP contribution in [0.2, 0.25) is 0 Å². The molecular formula is C14H17NO3S. The Bertz CT molecular complexity index is 485. The average molecular weight is 279 g/mol. The smallest absolute Gasteiger partial charge is 0.331 e. The standard InChI is InChI=1S/C14H17NO3S/c1-4-7-13(16)18-10(2)14(17)15-11-8-5-6-9-12(11)19-3/h4-10H,1-3H3,(H,15,17). The van der Waals surface area contributed by atoms with E-state index in [1.165, 1.54) is 17.8 Å². The summed E-state index contributed by atoms with van der Waals surface area (Å²) in [6.07, 6.45) is 3.94. The van der Waals surface area contributed by atoms with E-state index in [4.69, 9.17) is 4.74 Å². The molecule has 1 amide bonds. The molecule has 0 fully saturated rings. The molecule has 1 N–H and O–H groups in total. The van der Waals surface area contributed by atoms with Gasteiger partial charge < -0.3 is 10.1 Å². The van der Waals surface area contributed by atoms with Crippen LogP contribution in [0.25, 0.3) is 0 Å². The van der Waals surface area contributed by atoms with E-state index in [9.17, 15) is 9.59 Å². The zero-order valence-electron chi connectivity index (χ0n) is 11.2. The molecule has 0 radical (unpaired) electrons. The molecule has 0 aliphatic carbocycles. The van der Waals surface area contributed by atoms with Crippen molar-refractivity contribution in [3.05, 3.63) is 36.4 Å². The zero-order valence-corrected chi connectivity index (χ0v) is 12.0. The normalized spacial score (nSPS) is 12.2. The van der Waals surface area contributed by atoms with Crippen LogP contribution in [-0.4, -0.2) is 24.2 Å². The van der Waals surface area contributed by atoms with Gasteiger partial charge in [0, 0.05) is 11.0 Å². The first-order valence-corrected chi connectivity index (χ1v) is 7.08. The van der Waals surface area contributed by atoms with E-state index in [0.29, 0.717) is 5.69 Å². The quantitative estimate of drug-likeness (QED) is 0.511. The average Bonchev–Trinajstić information content (AvgIpc) is 2.39. The first-order chi connectivity index (χ1) is 9.08. The Morgan fingerprint density at radius 3 is 2.68 bits per heavy atom. The van der Waals surface area contributed by atoms with E-state index in [2.05, 4.69) is 5.32 Å². The number of anilines is 1. The number of para-hydroxylation sites is 1. The van der Waals surface area contributed by atoms with Crippen LogP contribution in [0.5, 0.6) is 0 Å². The molecule has 4 nitrogen and oxygen atoms in total. The third-order valence-corrected chi connectivity index (χ3v) is 3.13. The summed E-state index contributed by atoms with van der Waals surface area (Å²) >= 11 is 1.54.